The minimum Gasteiger partial charge on any atom is -0.377 e. The van der Waals surface area contributed by atoms with Crippen LogP contribution in [-0.2, 0) is 5.41 Å². The van der Waals surface area contributed by atoms with Crippen LogP contribution in [0.3, 0.4) is 0 Å². The zero-order chi connectivity index (χ0) is 18.8. The molecule has 4 heteroatoms. The first kappa shape index (κ1) is 16.9. The second-order valence-electron chi connectivity index (χ2n) is 8.36. The molecule has 3 aromatic rings. The predicted molar refractivity (Wildman–Crippen MR) is 113 cm³/mol. The normalized spacial score (nSPS) is 22.4. The van der Waals surface area contributed by atoms with Crippen molar-refractivity contribution in [1.82, 2.24) is 9.78 Å². The fourth-order valence-corrected chi connectivity index (χ4v) is 6.35. The number of aryl methyl sites for hydroxylation is 2. The summed E-state index contributed by atoms with van der Waals surface area (Å²) in [4.78, 5) is 0. The third kappa shape index (κ3) is 2.46. The molecule has 2 aromatic carbocycles. The minimum atomic E-state index is 0.128. The first-order valence-electron chi connectivity index (χ1n) is 9.62. The van der Waals surface area contributed by atoms with Gasteiger partial charge in [-0.25, -0.2) is 4.68 Å². The maximum atomic E-state index is 4.93. The zero-order valence-electron chi connectivity index (χ0n) is 16.3. The van der Waals surface area contributed by atoms with Crippen LogP contribution < -0.4 is 5.32 Å². The smallest absolute Gasteiger partial charge is 0.105 e. The van der Waals surface area contributed by atoms with Crippen LogP contribution in [0.2, 0.25) is 0 Å². The molecule has 2 aliphatic heterocycles. The Morgan fingerprint density at radius 3 is 2.67 bits per heavy atom. The van der Waals surface area contributed by atoms with Gasteiger partial charge in [0.1, 0.15) is 5.03 Å². The number of nitrogens with zero attached hydrogens (tertiary/aromatic N) is 2. The molecular weight excluding hydrogens is 350 g/mol. The van der Waals surface area contributed by atoms with Crippen molar-refractivity contribution in [3.05, 3.63) is 70.9 Å². The second kappa shape index (κ2) is 5.90. The molecule has 1 aromatic heterocycles. The van der Waals surface area contributed by atoms with Crippen LogP contribution in [0.4, 0.5) is 5.69 Å². The molecule has 27 heavy (non-hydrogen) atoms. The summed E-state index contributed by atoms with van der Waals surface area (Å²) in [5.74, 6) is 1.64. The summed E-state index contributed by atoms with van der Waals surface area (Å²) >= 11 is 1.96. The summed E-state index contributed by atoms with van der Waals surface area (Å²) in [6.07, 6.45) is 0. The van der Waals surface area contributed by atoms with Gasteiger partial charge in [0.15, 0.2) is 0 Å². The number of benzene rings is 2. The quantitative estimate of drug-likeness (QED) is 0.595. The van der Waals surface area contributed by atoms with E-state index in [9.17, 15) is 0 Å². The van der Waals surface area contributed by atoms with Crippen LogP contribution >= 0.6 is 11.8 Å². The molecule has 1 N–H and O–H groups in total. The van der Waals surface area contributed by atoms with Gasteiger partial charge in [-0.1, -0.05) is 49.7 Å². The molecule has 0 radical (unpaired) electrons. The summed E-state index contributed by atoms with van der Waals surface area (Å²) in [6, 6.07) is 17.6. The van der Waals surface area contributed by atoms with Gasteiger partial charge in [-0.3, -0.25) is 0 Å². The predicted octanol–water partition coefficient (Wildman–Crippen LogP) is 5.66. The third-order valence-corrected chi connectivity index (χ3v) is 7.48. The molecule has 138 valence electrons. The van der Waals surface area contributed by atoms with E-state index in [1.54, 1.807) is 0 Å². The third-order valence-electron chi connectivity index (χ3n) is 6.28. The van der Waals surface area contributed by atoms with Gasteiger partial charge >= 0.3 is 0 Å². The molecule has 0 saturated carbocycles. The van der Waals surface area contributed by atoms with Crippen LogP contribution in [0.1, 0.15) is 42.3 Å². The molecule has 0 amide bonds. The Labute approximate surface area is 165 Å². The average Bonchev–Trinajstić information content (AvgIpc) is 3.00. The zero-order valence-corrected chi connectivity index (χ0v) is 17.1. The fraction of sp³-hybridized carbons (Fsp3) is 0.348. The summed E-state index contributed by atoms with van der Waals surface area (Å²) in [5, 5.41) is 10.1. The average molecular weight is 376 g/mol. The summed E-state index contributed by atoms with van der Waals surface area (Å²) in [5.41, 5.74) is 7.83. The van der Waals surface area contributed by atoms with Gasteiger partial charge in [0.2, 0.25) is 0 Å². The van der Waals surface area contributed by atoms with Gasteiger partial charge in [-0.15, -0.1) is 11.8 Å². The van der Waals surface area contributed by atoms with Crippen LogP contribution in [0.25, 0.3) is 5.69 Å². The molecule has 0 bridgehead atoms. The van der Waals surface area contributed by atoms with Crippen molar-refractivity contribution in [3.63, 3.8) is 0 Å². The Hall–Kier alpha value is -2.20. The lowest BCUT2D eigenvalue weighted by Crippen LogP contribution is -2.44. The van der Waals surface area contributed by atoms with E-state index in [4.69, 9.17) is 5.10 Å². The molecule has 0 unspecified atom stereocenters. The molecule has 0 fully saturated rings. The van der Waals surface area contributed by atoms with Crippen LogP contribution in [0.15, 0.2) is 53.6 Å². The number of fused-ring (bicyclic) bond motifs is 4. The highest BCUT2D eigenvalue weighted by molar-refractivity contribution is 7.99. The van der Waals surface area contributed by atoms with Gasteiger partial charge in [0.05, 0.1) is 17.4 Å². The van der Waals surface area contributed by atoms with E-state index in [0.29, 0.717) is 12.0 Å². The van der Waals surface area contributed by atoms with Crippen molar-refractivity contribution in [2.45, 2.75) is 44.2 Å². The van der Waals surface area contributed by atoms with Crippen molar-refractivity contribution in [2.24, 2.45) is 5.92 Å². The molecule has 0 saturated heterocycles. The topological polar surface area (TPSA) is 29.9 Å². The van der Waals surface area contributed by atoms with E-state index in [1.165, 1.54) is 27.4 Å². The number of para-hydroxylation sites is 1. The lowest BCUT2D eigenvalue weighted by atomic mass is 9.66. The minimum absolute atomic E-state index is 0.128. The fourth-order valence-electron chi connectivity index (χ4n) is 4.71. The van der Waals surface area contributed by atoms with E-state index >= 15 is 0 Å². The molecular formula is C23H25N3S. The van der Waals surface area contributed by atoms with Crippen LogP contribution in [-0.4, -0.2) is 15.5 Å². The first-order chi connectivity index (χ1) is 13.0. The van der Waals surface area contributed by atoms with Gasteiger partial charge in [-0.05, 0) is 43.0 Å². The number of hydrogen-bond acceptors (Lipinski definition) is 3. The van der Waals surface area contributed by atoms with E-state index < -0.39 is 0 Å². The Morgan fingerprint density at radius 2 is 1.89 bits per heavy atom. The summed E-state index contributed by atoms with van der Waals surface area (Å²) in [7, 11) is 0. The monoisotopic (exact) mass is 375 g/mol. The van der Waals surface area contributed by atoms with Crippen LogP contribution in [0.5, 0.6) is 0 Å². The van der Waals surface area contributed by atoms with Crippen molar-refractivity contribution in [3.8, 4) is 5.69 Å². The Morgan fingerprint density at radius 1 is 1.11 bits per heavy atom. The molecule has 0 aliphatic carbocycles. The van der Waals surface area contributed by atoms with Gasteiger partial charge in [0.25, 0.3) is 0 Å². The van der Waals surface area contributed by atoms with E-state index in [2.05, 4.69) is 86.2 Å². The number of nitrogens with one attached hydrogen (secondary N) is 1. The molecule has 3 nitrogen and oxygen atoms in total. The standard InChI is InChI=1S/C23H25N3S/c1-14-10-11-19-17(12-14)23(3,4)18-13-27-22-20(21(18)24-19)15(2)25-26(22)16-8-6-5-7-9-16/h5-12,18,21,24H,13H2,1-4H3/t18-,21-/m1/s1. The maximum Gasteiger partial charge on any atom is 0.105 e. The number of anilines is 1. The Balaban J connectivity index is 1.66. The number of thioether (sulfide) groups is 1. The van der Waals surface area contributed by atoms with Gasteiger partial charge in [0, 0.05) is 22.9 Å². The van der Waals surface area contributed by atoms with Crippen molar-refractivity contribution in [2.75, 3.05) is 11.1 Å². The maximum absolute atomic E-state index is 4.93. The number of rotatable bonds is 1. The lowest BCUT2D eigenvalue weighted by Gasteiger charge is -2.48. The SMILES string of the molecule is Cc1ccc2c(c1)C(C)(C)[C@@H]1CSc3c(c(C)nn3-c3ccccc3)[C@@H]1N2. The van der Waals surface area contributed by atoms with E-state index in [-0.39, 0.29) is 5.41 Å². The second-order valence-corrected chi connectivity index (χ2v) is 9.37. The molecule has 5 rings (SSSR count). The number of hydrogen-bond donors (Lipinski definition) is 1. The Bertz CT molecular complexity index is 1020. The number of aromatic nitrogens is 2. The summed E-state index contributed by atoms with van der Waals surface area (Å²) < 4.78 is 2.13. The van der Waals surface area contributed by atoms with Crippen LogP contribution in [0, 0.1) is 19.8 Å². The van der Waals surface area contributed by atoms with Crippen molar-refractivity contribution >= 4 is 17.4 Å². The van der Waals surface area contributed by atoms with Gasteiger partial charge in [-0.2, -0.15) is 5.10 Å². The van der Waals surface area contributed by atoms with E-state index in [1.807, 2.05) is 11.8 Å². The Kier molecular flexibility index (Phi) is 3.70. The largest absolute Gasteiger partial charge is 0.377 e. The van der Waals surface area contributed by atoms with Crippen molar-refractivity contribution in [1.29, 1.82) is 0 Å². The van der Waals surface area contributed by atoms with Gasteiger partial charge < -0.3 is 5.32 Å². The molecule has 2 aliphatic rings. The van der Waals surface area contributed by atoms with E-state index in [0.717, 1.165) is 17.1 Å². The highest BCUT2D eigenvalue weighted by Gasteiger charge is 2.47. The highest BCUT2D eigenvalue weighted by atomic mass is 32.2. The summed E-state index contributed by atoms with van der Waals surface area (Å²) in [6.45, 7) is 9.16. The molecule has 2 atom stereocenters. The highest BCUT2D eigenvalue weighted by Crippen LogP contribution is 2.55. The molecule has 3 heterocycles. The lowest BCUT2D eigenvalue weighted by molar-refractivity contribution is 0.292. The first-order valence-corrected chi connectivity index (χ1v) is 10.6. The molecule has 0 spiro atoms. The van der Waals surface area contributed by atoms with Crippen molar-refractivity contribution < 1.29 is 0 Å².